The topological polar surface area (TPSA) is 26.0 Å². The van der Waals surface area contributed by atoms with Gasteiger partial charge in [-0.1, -0.05) is 44.9 Å². The molecule has 2 unspecified atom stereocenters. The number of hydrogen-bond donors (Lipinski definition) is 1. The van der Waals surface area contributed by atoms with Gasteiger partial charge < -0.3 is 5.73 Å². The van der Waals surface area contributed by atoms with Gasteiger partial charge in [-0.2, -0.15) is 0 Å². The molecule has 0 aromatic heterocycles. The van der Waals surface area contributed by atoms with Gasteiger partial charge in [0.15, 0.2) is 0 Å². The highest BCUT2D eigenvalue weighted by Crippen LogP contribution is 2.40. The molecule has 0 radical (unpaired) electrons. The van der Waals surface area contributed by atoms with Crippen molar-refractivity contribution in [1.82, 2.24) is 0 Å². The summed E-state index contributed by atoms with van der Waals surface area (Å²) in [4.78, 5) is 0. The summed E-state index contributed by atoms with van der Waals surface area (Å²) in [6, 6.07) is 0. The fourth-order valence-corrected chi connectivity index (χ4v) is 3.71. The van der Waals surface area contributed by atoms with Crippen molar-refractivity contribution in [2.45, 2.75) is 64.2 Å². The molecule has 0 bridgehead atoms. The molecule has 0 aromatic carbocycles. The highest BCUT2D eigenvalue weighted by atomic mass is 14.6. The molecule has 2 rings (SSSR count). The molecule has 15 heavy (non-hydrogen) atoms. The lowest BCUT2D eigenvalue weighted by Crippen LogP contribution is -2.16. The summed E-state index contributed by atoms with van der Waals surface area (Å²) in [5.41, 5.74) is 5.78. The van der Waals surface area contributed by atoms with Crippen molar-refractivity contribution in [3.05, 3.63) is 0 Å². The van der Waals surface area contributed by atoms with Gasteiger partial charge >= 0.3 is 0 Å². The van der Waals surface area contributed by atoms with Gasteiger partial charge in [0, 0.05) is 0 Å². The predicted octanol–water partition coefficient (Wildman–Crippen LogP) is 3.72. The highest BCUT2D eigenvalue weighted by Gasteiger charge is 2.29. The fraction of sp³-hybridized carbons (Fsp3) is 1.00. The Labute approximate surface area is 94.8 Å². The van der Waals surface area contributed by atoms with Crippen molar-refractivity contribution >= 4 is 0 Å². The molecule has 0 spiro atoms. The lowest BCUT2D eigenvalue weighted by molar-refractivity contribution is 0.263. The molecule has 2 fully saturated rings. The minimum absolute atomic E-state index is 0.862. The molecular weight excluding hydrogens is 182 g/mol. The predicted molar refractivity (Wildman–Crippen MR) is 65.7 cm³/mol. The first-order valence-corrected chi connectivity index (χ1v) is 7.10. The fourth-order valence-electron chi connectivity index (χ4n) is 3.71. The molecule has 1 nitrogen and oxygen atoms in total. The van der Waals surface area contributed by atoms with Crippen LogP contribution in [-0.4, -0.2) is 6.54 Å². The average Bonchev–Trinajstić information content (AvgIpc) is 2.65. The van der Waals surface area contributed by atoms with Crippen LogP contribution in [0.15, 0.2) is 0 Å². The standard InChI is InChI=1S/C14H27N/c15-11-12-8-9-14(10-12)13-6-4-2-1-3-5-7-13/h12-14H,1-11,15H2. The molecule has 2 atom stereocenters. The van der Waals surface area contributed by atoms with E-state index in [0.29, 0.717) is 0 Å². The zero-order chi connectivity index (χ0) is 10.5. The Balaban J connectivity index is 1.80. The second-order valence-electron chi connectivity index (χ2n) is 5.78. The quantitative estimate of drug-likeness (QED) is 0.737. The van der Waals surface area contributed by atoms with Gasteiger partial charge in [0.2, 0.25) is 0 Å². The normalized spacial score (nSPS) is 35.0. The van der Waals surface area contributed by atoms with Crippen LogP contribution in [0.5, 0.6) is 0 Å². The van der Waals surface area contributed by atoms with E-state index in [0.717, 1.165) is 24.3 Å². The van der Waals surface area contributed by atoms with E-state index >= 15 is 0 Å². The largest absolute Gasteiger partial charge is 0.330 e. The van der Waals surface area contributed by atoms with E-state index in [1.807, 2.05) is 0 Å². The van der Waals surface area contributed by atoms with Crippen LogP contribution < -0.4 is 5.73 Å². The van der Waals surface area contributed by atoms with Crippen LogP contribution in [-0.2, 0) is 0 Å². The summed E-state index contributed by atoms with van der Waals surface area (Å²) >= 11 is 0. The van der Waals surface area contributed by atoms with E-state index in [4.69, 9.17) is 5.73 Å². The second kappa shape index (κ2) is 5.89. The zero-order valence-corrected chi connectivity index (χ0v) is 10.1. The Morgan fingerprint density at radius 3 is 2.00 bits per heavy atom. The SMILES string of the molecule is NCC1CCC(C2CCCCCCC2)C1. The second-order valence-corrected chi connectivity index (χ2v) is 5.78. The summed E-state index contributed by atoms with van der Waals surface area (Å²) in [6.07, 6.45) is 14.8. The molecule has 88 valence electrons. The summed E-state index contributed by atoms with van der Waals surface area (Å²) in [5.74, 6) is 2.96. The molecule has 2 aliphatic carbocycles. The van der Waals surface area contributed by atoms with Crippen molar-refractivity contribution in [2.75, 3.05) is 6.54 Å². The van der Waals surface area contributed by atoms with Gasteiger partial charge in [-0.3, -0.25) is 0 Å². The van der Waals surface area contributed by atoms with E-state index in [9.17, 15) is 0 Å². The first-order chi connectivity index (χ1) is 7.40. The van der Waals surface area contributed by atoms with E-state index in [-0.39, 0.29) is 0 Å². The summed E-state index contributed by atoms with van der Waals surface area (Å²) in [5, 5.41) is 0. The molecule has 0 aliphatic heterocycles. The summed E-state index contributed by atoms with van der Waals surface area (Å²) < 4.78 is 0. The third kappa shape index (κ3) is 3.21. The molecule has 2 N–H and O–H groups in total. The van der Waals surface area contributed by atoms with Gasteiger partial charge in [0.05, 0.1) is 0 Å². The summed E-state index contributed by atoms with van der Waals surface area (Å²) in [6.45, 7) is 0.934. The van der Waals surface area contributed by atoms with Crippen molar-refractivity contribution in [3.63, 3.8) is 0 Å². The maximum absolute atomic E-state index is 5.78. The first-order valence-electron chi connectivity index (χ1n) is 7.10. The van der Waals surface area contributed by atoms with Crippen molar-refractivity contribution in [2.24, 2.45) is 23.5 Å². The maximum atomic E-state index is 5.78. The van der Waals surface area contributed by atoms with Crippen molar-refractivity contribution in [3.8, 4) is 0 Å². The van der Waals surface area contributed by atoms with Crippen LogP contribution in [0.25, 0.3) is 0 Å². The van der Waals surface area contributed by atoms with E-state index < -0.39 is 0 Å². The summed E-state index contributed by atoms with van der Waals surface area (Å²) in [7, 11) is 0. The monoisotopic (exact) mass is 209 g/mol. The van der Waals surface area contributed by atoms with Crippen LogP contribution in [0.3, 0.4) is 0 Å². The Kier molecular flexibility index (Phi) is 4.49. The van der Waals surface area contributed by atoms with Gasteiger partial charge in [-0.15, -0.1) is 0 Å². The minimum atomic E-state index is 0.862. The van der Waals surface area contributed by atoms with Crippen molar-refractivity contribution < 1.29 is 0 Å². The van der Waals surface area contributed by atoms with Crippen molar-refractivity contribution in [1.29, 1.82) is 0 Å². The Morgan fingerprint density at radius 2 is 1.40 bits per heavy atom. The molecule has 0 saturated heterocycles. The molecule has 2 saturated carbocycles. The van der Waals surface area contributed by atoms with E-state index in [1.54, 1.807) is 0 Å². The zero-order valence-electron chi connectivity index (χ0n) is 10.1. The Morgan fingerprint density at radius 1 is 0.733 bits per heavy atom. The number of nitrogens with two attached hydrogens (primary N) is 1. The van der Waals surface area contributed by atoms with Crippen LogP contribution >= 0.6 is 0 Å². The van der Waals surface area contributed by atoms with Crippen LogP contribution in [0.1, 0.15) is 64.2 Å². The van der Waals surface area contributed by atoms with Gasteiger partial charge in [-0.05, 0) is 43.6 Å². The smallest absolute Gasteiger partial charge is 0.00488 e. The lowest BCUT2D eigenvalue weighted by atomic mass is 9.80. The van der Waals surface area contributed by atoms with Gasteiger partial charge in [-0.25, -0.2) is 0 Å². The Hall–Kier alpha value is -0.0400. The third-order valence-corrected chi connectivity index (χ3v) is 4.73. The maximum Gasteiger partial charge on any atom is -0.00488 e. The van der Waals surface area contributed by atoms with Gasteiger partial charge in [0.1, 0.15) is 0 Å². The lowest BCUT2D eigenvalue weighted by Gasteiger charge is -2.25. The number of rotatable bonds is 2. The van der Waals surface area contributed by atoms with Crippen LogP contribution in [0.2, 0.25) is 0 Å². The van der Waals surface area contributed by atoms with Gasteiger partial charge in [0.25, 0.3) is 0 Å². The molecular formula is C14H27N. The number of hydrogen-bond acceptors (Lipinski definition) is 1. The average molecular weight is 209 g/mol. The van der Waals surface area contributed by atoms with Crippen LogP contribution in [0.4, 0.5) is 0 Å². The highest BCUT2D eigenvalue weighted by molar-refractivity contribution is 4.81. The molecule has 0 aromatic rings. The first kappa shape index (κ1) is 11.4. The minimum Gasteiger partial charge on any atom is -0.330 e. The van der Waals surface area contributed by atoms with E-state index in [1.165, 1.54) is 64.2 Å². The third-order valence-electron chi connectivity index (χ3n) is 4.73. The Bertz CT molecular complexity index is 170. The molecule has 2 aliphatic rings. The molecule has 0 heterocycles. The van der Waals surface area contributed by atoms with Crippen LogP contribution in [0, 0.1) is 17.8 Å². The van der Waals surface area contributed by atoms with E-state index in [2.05, 4.69) is 0 Å². The molecule has 1 heteroatoms. The molecule has 0 amide bonds.